The van der Waals surface area contributed by atoms with Crippen LogP contribution in [0, 0.1) is 0 Å². The van der Waals surface area contributed by atoms with Gasteiger partial charge in [0.2, 0.25) is 0 Å². The molecule has 0 fully saturated rings. The van der Waals surface area contributed by atoms with Crippen molar-refractivity contribution >= 4 is 30.5 Å². The number of hydrogen-bond acceptors (Lipinski definition) is 2. The molecule has 2 aromatic heterocycles. The number of nitrogens with zero attached hydrogens (tertiary/aromatic N) is 2. The third-order valence-corrected chi connectivity index (χ3v) is 1.94. The minimum Gasteiger partial charge on any atom is -0.324 e. The van der Waals surface area contributed by atoms with Crippen molar-refractivity contribution < 1.29 is 0 Å². The van der Waals surface area contributed by atoms with Gasteiger partial charge in [0, 0.05) is 24.6 Å². The molecule has 0 aromatic carbocycles. The highest BCUT2D eigenvalue weighted by Crippen LogP contribution is 2.10. The molecule has 2 N–H and O–H groups in total. The van der Waals surface area contributed by atoms with Gasteiger partial charge in [-0.05, 0) is 18.6 Å². The third kappa shape index (κ3) is 2.38. The van der Waals surface area contributed by atoms with Gasteiger partial charge in [-0.3, -0.25) is 0 Å². The Bertz CT molecular complexity index is 398. The highest BCUT2D eigenvalue weighted by atomic mass is 35.5. The Morgan fingerprint density at radius 1 is 1.36 bits per heavy atom. The summed E-state index contributed by atoms with van der Waals surface area (Å²) in [5, 5.41) is 0. The van der Waals surface area contributed by atoms with E-state index >= 15 is 0 Å². The van der Waals surface area contributed by atoms with E-state index in [0.717, 1.165) is 11.2 Å². The second-order valence-electron chi connectivity index (χ2n) is 2.94. The lowest BCUT2D eigenvalue weighted by Gasteiger charge is -2.04. The summed E-state index contributed by atoms with van der Waals surface area (Å²) in [7, 11) is 0. The van der Waals surface area contributed by atoms with Gasteiger partial charge in [-0.15, -0.1) is 24.8 Å². The van der Waals surface area contributed by atoms with Crippen LogP contribution in [-0.2, 0) is 0 Å². The van der Waals surface area contributed by atoms with Crippen molar-refractivity contribution in [3.63, 3.8) is 0 Å². The summed E-state index contributed by atoms with van der Waals surface area (Å²) < 4.78 is 1.97. The van der Waals surface area contributed by atoms with Crippen LogP contribution in [0.3, 0.4) is 0 Å². The third-order valence-electron chi connectivity index (χ3n) is 1.94. The summed E-state index contributed by atoms with van der Waals surface area (Å²) in [5.41, 5.74) is 7.82. The SMILES string of the molecule is C[C@H](N)c1ccc2nccn2c1.Cl.Cl. The first-order chi connectivity index (χ1) is 5.77. The highest BCUT2D eigenvalue weighted by molar-refractivity contribution is 5.85. The van der Waals surface area contributed by atoms with Crippen LogP contribution in [0.4, 0.5) is 0 Å². The number of pyridine rings is 1. The fourth-order valence-electron chi connectivity index (χ4n) is 1.21. The Labute approximate surface area is 95.1 Å². The predicted octanol–water partition coefficient (Wildman–Crippen LogP) is 2.20. The molecule has 0 aliphatic carbocycles. The highest BCUT2D eigenvalue weighted by Gasteiger charge is 1.99. The standard InChI is InChI=1S/C9H11N3.2ClH/c1-7(10)8-2-3-9-11-4-5-12(9)6-8;;/h2-7H,10H2,1H3;2*1H/t7-;;/m0../s1. The average molecular weight is 234 g/mol. The molecule has 0 amide bonds. The lowest BCUT2D eigenvalue weighted by Crippen LogP contribution is -2.05. The molecule has 0 unspecified atom stereocenters. The van der Waals surface area contributed by atoms with Crippen LogP contribution in [0.1, 0.15) is 18.5 Å². The molecular formula is C9H13Cl2N3. The van der Waals surface area contributed by atoms with Crippen molar-refractivity contribution in [3.05, 3.63) is 36.3 Å². The van der Waals surface area contributed by atoms with Crippen molar-refractivity contribution in [1.82, 2.24) is 9.38 Å². The normalized spacial score (nSPS) is 11.6. The number of imidazole rings is 1. The second kappa shape index (κ2) is 5.20. The molecule has 0 saturated carbocycles. The topological polar surface area (TPSA) is 43.3 Å². The lowest BCUT2D eigenvalue weighted by atomic mass is 10.2. The van der Waals surface area contributed by atoms with Gasteiger partial charge in [0.15, 0.2) is 0 Å². The summed E-state index contributed by atoms with van der Waals surface area (Å²) in [5.74, 6) is 0. The summed E-state index contributed by atoms with van der Waals surface area (Å²) in [6.45, 7) is 1.97. The summed E-state index contributed by atoms with van der Waals surface area (Å²) >= 11 is 0. The molecule has 2 heterocycles. The number of hydrogen-bond donors (Lipinski definition) is 1. The average Bonchev–Trinajstić information content (AvgIpc) is 2.49. The predicted molar refractivity (Wildman–Crippen MR) is 62.3 cm³/mol. The van der Waals surface area contributed by atoms with Crippen molar-refractivity contribution in [2.75, 3.05) is 0 Å². The number of nitrogens with two attached hydrogens (primary N) is 1. The Morgan fingerprint density at radius 2 is 2.07 bits per heavy atom. The van der Waals surface area contributed by atoms with Gasteiger partial charge in [-0.2, -0.15) is 0 Å². The first-order valence-electron chi connectivity index (χ1n) is 3.95. The van der Waals surface area contributed by atoms with Gasteiger partial charge < -0.3 is 10.1 Å². The van der Waals surface area contributed by atoms with Crippen LogP contribution in [0.15, 0.2) is 30.7 Å². The molecule has 14 heavy (non-hydrogen) atoms. The quantitative estimate of drug-likeness (QED) is 0.821. The first kappa shape index (κ1) is 13.2. The fraction of sp³-hybridized carbons (Fsp3) is 0.222. The monoisotopic (exact) mass is 233 g/mol. The van der Waals surface area contributed by atoms with E-state index in [0.29, 0.717) is 0 Å². The molecule has 2 aromatic rings. The molecule has 0 aliphatic heterocycles. The molecular weight excluding hydrogens is 221 g/mol. The zero-order valence-corrected chi connectivity index (χ0v) is 9.39. The van der Waals surface area contributed by atoms with Crippen LogP contribution in [0.25, 0.3) is 5.65 Å². The maximum Gasteiger partial charge on any atom is 0.136 e. The van der Waals surface area contributed by atoms with Crippen LogP contribution < -0.4 is 5.73 Å². The Balaban J connectivity index is 0.000000845. The first-order valence-corrected chi connectivity index (χ1v) is 3.95. The second-order valence-corrected chi connectivity index (χ2v) is 2.94. The minimum atomic E-state index is 0. The Morgan fingerprint density at radius 3 is 2.71 bits per heavy atom. The lowest BCUT2D eigenvalue weighted by molar-refractivity contribution is 0.808. The number of aromatic nitrogens is 2. The van der Waals surface area contributed by atoms with Crippen molar-refractivity contribution in [2.24, 2.45) is 5.73 Å². The fourth-order valence-corrected chi connectivity index (χ4v) is 1.21. The van der Waals surface area contributed by atoms with Gasteiger partial charge in [0.05, 0.1) is 0 Å². The molecule has 5 heteroatoms. The van der Waals surface area contributed by atoms with E-state index in [1.807, 2.05) is 35.9 Å². The Hall–Kier alpha value is -0.770. The molecule has 3 nitrogen and oxygen atoms in total. The number of rotatable bonds is 1. The molecule has 0 saturated heterocycles. The van der Waals surface area contributed by atoms with Crippen LogP contribution in [0.2, 0.25) is 0 Å². The van der Waals surface area contributed by atoms with Gasteiger partial charge in [0.25, 0.3) is 0 Å². The molecule has 1 atom stereocenters. The van der Waals surface area contributed by atoms with E-state index in [2.05, 4.69) is 4.98 Å². The van der Waals surface area contributed by atoms with E-state index in [9.17, 15) is 0 Å². The maximum atomic E-state index is 5.74. The van der Waals surface area contributed by atoms with Gasteiger partial charge in [-0.25, -0.2) is 4.98 Å². The number of halogens is 2. The van der Waals surface area contributed by atoms with Crippen LogP contribution in [0.5, 0.6) is 0 Å². The molecule has 78 valence electrons. The van der Waals surface area contributed by atoms with Gasteiger partial charge in [-0.1, -0.05) is 6.07 Å². The zero-order chi connectivity index (χ0) is 8.55. The van der Waals surface area contributed by atoms with E-state index in [1.54, 1.807) is 6.20 Å². The molecule has 0 bridgehead atoms. The van der Waals surface area contributed by atoms with Gasteiger partial charge >= 0.3 is 0 Å². The van der Waals surface area contributed by atoms with E-state index in [4.69, 9.17) is 5.73 Å². The largest absolute Gasteiger partial charge is 0.324 e. The smallest absolute Gasteiger partial charge is 0.136 e. The van der Waals surface area contributed by atoms with Crippen molar-refractivity contribution in [1.29, 1.82) is 0 Å². The Kier molecular flexibility index (Phi) is 4.91. The summed E-state index contributed by atoms with van der Waals surface area (Å²) in [4.78, 5) is 4.14. The van der Waals surface area contributed by atoms with Crippen LogP contribution in [-0.4, -0.2) is 9.38 Å². The van der Waals surface area contributed by atoms with Crippen molar-refractivity contribution in [2.45, 2.75) is 13.0 Å². The van der Waals surface area contributed by atoms with Crippen molar-refractivity contribution in [3.8, 4) is 0 Å². The molecule has 0 spiro atoms. The zero-order valence-electron chi connectivity index (χ0n) is 7.75. The maximum absolute atomic E-state index is 5.74. The van der Waals surface area contributed by atoms with E-state index in [-0.39, 0.29) is 30.9 Å². The van der Waals surface area contributed by atoms with Gasteiger partial charge in [0.1, 0.15) is 5.65 Å². The summed E-state index contributed by atoms with van der Waals surface area (Å²) in [6, 6.07) is 4.06. The number of fused-ring (bicyclic) bond motifs is 1. The van der Waals surface area contributed by atoms with Crippen LogP contribution >= 0.6 is 24.8 Å². The minimum absolute atomic E-state index is 0. The molecule has 0 radical (unpaired) electrons. The summed E-state index contributed by atoms with van der Waals surface area (Å²) in [6.07, 6.45) is 5.70. The van der Waals surface area contributed by atoms with E-state index < -0.39 is 0 Å². The molecule has 2 rings (SSSR count). The van der Waals surface area contributed by atoms with E-state index in [1.165, 1.54) is 0 Å². The molecule has 0 aliphatic rings.